The highest BCUT2D eigenvalue weighted by molar-refractivity contribution is 5.40. The molecule has 20 heavy (non-hydrogen) atoms. The summed E-state index contributed by atoms with van der Waals surface area (Å²) in [5.74, 6) is 2.05. The maximum Gasteiger partial charge on any atom is 0.123 e. The zero-order chi connectivity index (χ0) is 13.5. The lowest BCUT2D eigenvalue weighted by Crippen LogP contribution is -2.54. The van der Waals surface area contributed by atoms with Gasteiger partial charge in [-0.15, -0.1) is 0 Å². The Labute approximate surface area is 121 Å². The average Bonchev–Trinajstić information content (AvgIpc) is 3.20. The lowest BCUT2D eigenvalue weighted by Gasteiger charge is -2.37. The highest BCUT2D eigenvalue weighted by atomic mass is 16.5. The van der Waals surface area contributed by atoms with Crippen LogP contribution in [0, 0.1) is 12.8 Å². The first-order chi connectivity index (χ1) is 9.79. The number of fused-ring (bicyclic) bond motifs is 1. The quantitative estimate of drug-likeness (QED) is 0.910. The van der Waals surface area contributed by atoms with Crippen LogP contribution in [0.25, 0.3) is 0 Å². The predicted molar refractivity (Wildman–Crippen MR) is 80.3 cm³/mol. The summed E-state index contributed by atoms with van der Waals surface area (Å²) in [5.41, 5.74) is 2.74. The fraction of sp³-hybridized carbons (Fsp3) is 0.647. The molecule has 2 atom stereocenters. The van der Waals surface area contributed by atoms with E-state index in [-0.39, 0.29) is 0 Å². The zero-order valence-corrected chi connectivity index (χ0v) is 12.3. The van der Waals surface area contributed by atoms with E-state index in [1.165, 1.54) is 37.1 Å². The first kappa shape index (κ1) is 12.7. The second kappa shape index (κ2) is 5.05. The van der Waals surface area contributed by atoms with Crippen molar-refractivity contribution in [1.29, 1.82) is 0 Å². The van der Waals surface area contributed by atoms with Crippen molar-refractivity contribution in [2.75, 3.05) is 26.2 Å². The molecule has 1 aromatic rings. The van der Waals surface area contributed by atoms with Gasteiger partial charge >= 0.3 is 0 Å². The van der Waals surface area contributed by atoms with Crippen molar-refractivity contribution in [1.82, 2.24) is 10.2 Å². The highest BCUT2D eigenvalue weighted by Gasteiger charge is 2.38. The summed E-state index contributed by atoms with van der Waals surface area (Å²) in [5, 5.41) is 3.55. The lowest BCUT2D eigenvalue weighted by atomic mass is 10.0. The Morgan fingerprint density at radius 2 is 2.25 bits per heavy atom. The second-order valence-corrected chi connectivity index (χ2v) is 6.66. The maximum atomic E-state index is 6.15. The fourth-order valence-corrected chi connectivity index (χ4v) is 3.75. The van der Waals surface area contributed by atoms with E-state index in [4.69, 9.17) is 4.74 Å². The Bertz CT molecular complexity index is 498. The van der Waals surface area contributed by atoms with Gasteiger partial charge in [0.2, 0.25) is 0 Å². The molecular weight excluding hydrogens is 248 g/mol. The molecule has 3 aliphatic rings. The molecule has 3 heteroatoms. The lowest BCUT2D eigenvalue weighted by molar-refractivity contribution is 0.0882. The van der Waals surface area contributed by atoms with Crippen molar-refractivity contribution in [3.05, 3.63) is 29.3 Å². The minimum atomic E-state index is 0.353. The smallest absolute Gasteiger partial charge is 0.123 e. The van der Waals surface area contributed by atoms with Crippen molar-refractivity contribution < 1.29 is 4.74 Å². The largest absolute Gasteiger partial charge is 0.488 e. The van der Waals surface area contributed by atoms with E-state index in [1.54, 1.807) is 0 Å². The van der Waals surface area contributed by atoms with Crippen LogP contribution in [-0.4, -0.2) is 43.2 Å². The Kier molecular flexibility index (Phi) is 3.20. The Morgan fingerprint density at radius 3 is 3.10 bits per heavy atom. The molecule has 108 valence electrons. The van der Waals surface area contributed by atoms with E-state index in [1.807, 2.05) is 0 Å². The Morgan fingerprint density at radius 1 is 1.35 bits per heavy atom. The molecule has 1 aromatic carbocycles. The summed E-state index contributed by atoms with van der Waals surface area (Å²) < 4.78 is 6.15. The van der Waals surface area contributed by atoms with Crippen LogP contribution in [0.5, 0.6) is 5.75 Å². The van der Waals surface area contributed by atoms with Crippen molar-refractivity contribution in [3.8, 4) is 5.75 Å². The number of ether oxygens (including phenoxy) is 1. The number of benzene rings is 1. The van der Waals surface area contributed by atoms with Gasteiger partial charge in [-0.05, 0) is 37.3 Å². The summed E-state index contributed by atoms with van der Waals surface area (Å²) in [4.78, 5) is 2.68. The second-order valence-electron chi connectivity index (χ2n) is 6.66. The minimum Gasteiger partial charge on any atom is -0.488 e. The van der Waals surface area contributed by atoms with Crippen molar-refractivity contribution >= 4 is 0 Å². The van der Waals surface area contributed by atoms with Gasteiger partial charge in [0.15, 0.2) is 0 Å². The first-order valence-corrected chi connectivity index (χ1v) is 8.00. The van der Waals surface area contributed by atoms with Gasteiger partial charge in [0, 0.05) is 38.6 Å². The number of hydrogen-bond acceptors (Lipinski definition) is 3. The monoisotopic (exact) mass is 272 g/mol. The van der Waals surface area contributed by atoms with Crippen LogP contribution < -0.4 is 10.1 Å². The molecule has 0 aromatic heterocycles. The van der Waals surface area contributed by atoms with E-state index in [2.05, 4.69) is 35.3 Å². The minimum absolute atomic E-state index is 0.353. The predicted octanol–water partition coefficient (Wildman–Crippen LogP) is 1.98. The molecule has 2 heterocycles. The topological polar surface area (TPSA) is 24.5 Å². The molecular formula is C17H24N2O. The summed E-state index contributed by atoms with van der Waals surface area (Å²) in [7, 11) is 0. The molecule has 2 unspecified atom stereocenters. The molecule has 0 radical (unpaired) electrons. The zero-order valence-electron chi connectivity index (χ0n) is 12.3. The molecule has 2 fully saturated rings. The average molecular weight is 272 g/mol. The van der Waals surface area contributed by atoms with Gasteiger partial charge in [-0.1, -0.05) is 17.7 Å². The van der Waals surface area contributed by atoms with Gasteiger partial charge in [-0.2, -0.15) is 0 Å². The molecule has 3 nitrogen and oxygen atoms in total. The first-order valence-electron chi connectivity index (χ1n) is 8.00. The van der Waals surface area contributed by atoms with E-state index in [9.17, 15) is 0 Å². The summed E-state index contributed by atoms with van der Waals surface area (Å²) in [6.07, 6.45) is 4.28. The standard InChI is InChI=1S/C17H24N2O/c1-12-2-5-17-14(8-12)9-15(20-17)11-19-7-6-18-10-16(19)13-3-4-13/h2,5,8,13,15-16,18H,3-4,6-7,9-11H2,1H3. The van der Waals surface area contributed by atoms with Gasteiger partial charge in [-0.3, -0.25) is 4.90 Å². The molecule has 0 amide bonds. The summed E-state index contributed by atoms with van der Waals surface area (Å²) in [6.45, 7) is 6.73. The van der Waals surface area contributed by atoms with E-state index in [0.717, 1.165) is 37.2 Å². The fourth-order valence-electron chi connectivity index (χ4n) is 3.75. The van der Waals surface area contributed by atoms with E-state index in [0.29, 0.717) is 6.10 Å². The van der Waals surface area contributed by atoms with E-state index < -0.39 is 0 Å². The van der Waals surface area contributed by atoms with Crippen LogP contribution in [0.15, 0.2) is 18.2 Å². The van der Waals surface area contributed by atoms with Crippen LogP contribution in [0.4, 0.5) is 0 Å². The van der Waals surface area contributed by atoms with Gasteiger partial charge in [0.25, 0.3) is 0 Å². The SMILES string of the molecule is Cc1ccc2c(c1)CC(CN1CCNCC1C1CC1)O2. The third-order valence-electron chi connectivity index (χ3n) is 4.96. The Hall–Kier alpha value is -1.06. The van der Waals surface area contributed by atoms with Crippen molar-refractivity contribution in [2.45, 2.75) is 38.3 Å². The summed E-state index contributed by atoms with van der Waals surface area (Å²) in [6, 6.07) is 7.32. The molecule has 1 N–H and O–H groups in total. The van der Waals surface area contributed by atoms with E-state index >= 15 is 0 Å². The maximum absolute atomic E-state index is 6.15. The Balaban J connectivity index is 1.42. The van der Waals surface area contributed by atoms with Crippen LogP contribution in [0.2, 0.25) is 0 Å². The third kappa shape index (κ3) is 2.45. The molecule has 0 spiro atoms. The van der Waals surface area contributed by atoms with Crippen molar-refractivity contribution in [2.24, 2.45) is 5.92 Å². The number of nitrogens with one attached hydrogen (secondary N) is 1. The van der Waals surface area contributed by atoms with Crippen molar-refractivity contribution in [3.63, 3.8) is 0 Å². The molecule has 2 aliphatic heterocycles. The van der Waals surface area contributed by atoms with Crippen LogP contribution in [0.1, 0.15) is 24.0 Å². The van der Waals surface area contributed by atoms with Crippen LogP contribution >= 0.6 is 0 Å². The molecule has 1 aliphatic carbocycles. The number of hydrogen-bond donors (Lipinski definition) is 1. The molecule has 1 saturated heterocycles. The number of rotatable bonds is 3. The highest BCUT2D eigenvalue weighted by Crippen LogP contribution is 2.37. The number of aryl methyl sites for hydroxylation is 1. The third-order valence-corrected chi connectivity index (χ3v) is 4.96. The van der Waals surface area contributed by atoms with Crippen LogP contribution in [-0.2, 0) is 6.42 Å². The molecule has 4 rings (SSSR count). The number of piperazine rings is 1. The van der Waals surface area contributed by atoms with Gasteiger partial charge < -0.3 is 10.1 Å². The summed E-state index contributed by atoms with van der Waals surface area (Å²) >= 11 is 0. The van der Waals surface area contributed by atoms with Crippen LogP contribution in [0.3, 0.4) is 0 Å². The molecule has 1 saturated carbocycles. The van der Waals surface area contributed by atoms with Gasteiger partial charge in [0.05, 0.1) is 0 Å². The normalized spacial score (nSPS) is 30.1. The molecule has 0 bridgehead atoms. The van der Waals surface area contributed by atoms with Gasteiger partial charge in [-0.25, -0.2) is 0 Å². The number of nitrogens with zero attached hydrogens (tertiary/aromatic N) is 1. The van der Waals surface area contributed by atoms with Gasteiger partial charge in [0.1, 0.15) is 11.9 Å².